The van der Waals surface area contributed by atoms with Crippen molar-refractivity contribution in [3.63, 3.8) is 0 Å². The van der Waals surface area contributed by atoms with E-state index in [0.717, 1.165) is 66.1 Å². The van der Waals surface area contributed by atoms with Crippen LogP contribution in [0.1, 0.15) is 0 Å². The van der Waals surface area contributed by atoms with Gasteiger partial charge in [0.05, 0.1) is 33.5 Å². The van der Waals surface area contributed by atoms with E-state index in [1.807, 2.05) is 23.5 Å². The molecule has 0 unspecified atom stereocenters. The van der Waals surface area contributed by atoms with Gasteiger partial charge in [-0.15, -0.1) is 11.3 Å². The van der Waals surface area contributed by atoms with Crippen LogP contribution in [0.4, 0.5) is 0 Å². The maximum atomic E-state index is 5.43. The van der Waals surface area contributed by atoms with Gasteiger partial charge in [0.1, 0.15) is 0 Å². The summed E-state index contributed by atoms with van der Waals surface area (Å²) in [6.07, 6.45) is 0. The molecule has 4 nitrogen and oxygen atoms in total. The minimum Gasteiger partial charge on any atom is -0.278 e. The Morgan fingerprint density at radius 2 is 1.04 bits per heavy atom. The zero-order chi connectivity index (χ0) is 32.8. The maximum absolute atomic E-state index is 5.43. The van der Waals surface area contributed by atoms with Gasteiger partial charge in [-0.25, -0.2) is 15.0 Å². The van der Waals surface area contributed by atoms with E-state index in [2.05, 4.69) is 150 Å². The van der Waals surface area contributed by atoms with Gasteiger partial charge in [0, 0.05) is 58.2 Å². The Kier molecular flexibility index (Phi) is 5.80. The van der Waals surface area contributed by atoms with Gasteiger partial charge < -0.3 is 0 Å². The second-order valence-corrected chi connectivity index (χ2v) is 13.9. The van der Waals surface area contributed by atoms with Crippen LogP contribution in [0.2, 0.25) is 0 Å². The van der Waals surface area contributed by atoms with E-state index in [4.69, 9.17) is 15.0 Å². The second-order valence-electron chi connectivity index (χ2n) is 12.8. The molecular formula is C45H26N4S. The van der Waals surface area contributed by atoms with Gasteiger partial charge in [-0.2, -0.15) is 0 Å². The lowest BCUT2D eigenvalue weighted by Gasteiger charge is -2.13. The van der Waals surface area contributed by atoms with Crippen LogP contribution in [0.15, 0.2) is 158 Å². The third-order valence-corrected chi connectivity index (χ3v) is 11.1. The number of hydrogen-bond donors (Lipinski definition) is 0. The molecule has 0 aliphatic carbocycles. The summed E-state index contributed by atoms with van der Waals surface area (Å²) in [5.41, 5.74) is 8.03. The molecule has 5 heteroatoms. The molecule has 0 saturated heterocycles. The fraction of sp³-hybridized carbons (Fsp3) is 0. The van der Waals surface area contributed by atoms with E-state index in [1.165, 1.54) is 30.9 Å². The summed E-state index contributed by atoms with van der Waals surface area (Å²) in [7, 11) is 0. The summed E-state index contributed by atoms with van der Waals surface area (Å²) in [5.74, 6) is 0.647. The van der Waals surface area contributed by atoms with Gasteiger partial charge in [0.15, 0.2) is 0 Å². The second kappa shape index (κ2) is 10.5. The number of benzene rings is 7. The van der Waals surface area contributed by atoms with E-state index in [9.17, 15) is 0 Å². The Morgan fingerprint density at radius 3 is 1.90 bits per heavy atom. The molecule has 0 amide bonds. The number of nitrogens with zero attached hydrogens (tertiary/aromatic N) is 4. The lowest BCUT2D eigenvalue weighted by Crippen LogP contribution is -2.03. The van der Waals surface area contributed by atoms with Crippen molar-refractivity contribution in [2.75, 3.05) is 0 Å². The number of thiophene rings is 1. The molecule has 4 heterocycles. The first-order chi connectivity index (χ1) is 24.8. The monoisotopic (exact) mass is 654 g/mol. The summed E-state index contributed by atoms with van der Waals surface area (Å²) < 4.78 is 4.78. The molecule has 0 spiro atoms. The molecule has 232 valence electrons. The lowest BCUT2D eigenvalue weighted by atomic mass is 9.95. The highest BCUT2D eigenvalue weighted by molar-refractivity contribution is 7.26. The minimum absolute atomic E-state index is 0.647. The Morgan fingerprint density at radius 1 is 0.380 bits per heavy atom. The van der Waals surface area contributed by atoms with E-state index in [1.54, 1.807) is 0 Å². The Labute approximate surface area is 290 Å². The van der Waals surface area contributed by atoms with Crippen molar-refractivity contribution in [1.29, 1.82) is 0 Å². The third-order valence-electron chi connectivity index (χ3n) is 9.99. The van der Waals surface area contributed by atoms with Crippen LogP contribution in [-0.4, -0.2) is 19.5 Å². The zero-order valence-electron chi connectivity index (χ0n) is 26.7. The van der Waals surface area contributed by atoms with Gasteiger partial charge in [-0.1, -0.05) is 121 Å². The Bertz CT molecular complexity index is 3160. The Balaban J connectivity index is 1.26. The SMILES string of the molecule is c1ccc(-c2nc(-n3c4ccccc4c4ccc(-c5nc6ccccc6c6ccc7sc8ccccc8c7c56)cc43)nc3ccccc23)cc1. The van der Waals surface area contributed by atoms with Crippen LogP contribution in [0, 0.1) is 0 Å². The van der Waals surface area contributed by atoms with E-state index < -0.39 is 0 Å². The molecule has 0 fully saturated rings. The smallest absolute Gasteiger partial charge is 0.235 e. The summed E-state index contributed by atoms with van der Waals surface area (Å²) in [6.45, 7) is 0. The average molecular weight is 655 g/mol. The highest BCUT2D eigenvalue weighted by Crippen LogP contribution is 2.44. The van der Waals surface area contributed by atoms with E-state index in [0.29, 0.717) is 5.95 Å². The van der Waals surface area contributed by atoms with Gasteiger partial charge in [0.25, 0.3) is 0 Å². The molecular weight excluding hydrogens is 629 g/mol. The molecule has 4 aromatic heterocycles. The molecule has 0 saturated carbocycles. The average Bonchev–Trinajstić information content (AvgIpc) is 3.73. The van der Waals surface area contributed by atoms with Crippen molar-refractivity contribution in [3.8, 4) is 28.5 Å². The van der Waals surface area contributed by atoms with E-state index in [-0.39, 0.29) is 0 Å². The normalized spacial score (nSPS) is 12.0. The summed E-state index contributed by atoms with van der Waals surface area (Å²) in [4.78, 5) is 15.9. The van der Waals surface area contributed by atoms with Crippen LogP contribution in [-0.2, 0) is 0 Å². The highest BCUT2D eigenvalue weighted by atomic mass is 32.1. The van der Waals surface area contributed by atoms with Crippen LogP contribution in [0.5, 0.6) is 0 Å². The molecule has 7 aromatic carbocycles. The molecule has 0 aliphatic heterocycles. The standard InChI is InChI=1S/C45H26N4S/c1-2-12-27(13-3-1)43-33-16-5-9-19-36(33)47-45(48-43)49-37-20-10-6-15-30(37)31-23-22-28(26-38(31)49)44-42-32(29-14-4-8-18-35(29)46-44)24-25-40-41(42)34-17-7-11-21-39(34)50-40/h1-26H. The summed E-state index contributed by atoms with van der Waals surface area (Å²) >= 11 is 1.84. The van der Waals surface area contributed by atoms with Crippen molar-refractivity contribution in [2.45, 2.75) is 0 Å². The predicted octanol–water partition coefficient (Wildman–Crippen LogP) is 12.1. The van der Waals surface area contributed by atoms with Crippen molar-refractivity contribution in [1.82, 2.24) is 19.5 Å². The van der Waals surface area contributed by atoms with Crippen LogP contribution >= 0.6 is 11.3 Å². The first-order valence-electron chi connectivity index (χ1n) is 16.8. The number of pyridine rings is 1. The zero-order valence-corrected chi connectivity index (χ0v) is 27.5. The molecule has 11 aromatic rings. The quantitative estimate of drug-likeness (QED) is 0.178. The third kappa shape index (κ3) is 3.95. The van der Waals surface area contributed by atoms with Crippen LogP contribution < -0.4 is 0 Å². The van der Waals surface area contributed by atoms with Gasteiger partial charge in [-0.05, 0) is 41.8 Å². The fourth-order valence-electron chi connectivity index (χ4n) is 7.78. The molecule has 0 bridgehead atoms. The fourth-order valence-corrected chi connectivity index (χ4v) is 8.90. The molecule has 0 N–H and O–H groups in total. The molecule has 0 atom stereocenters. The first-order valence-corrected chi connectivity index (χ1v) is 17.6. The van der Waals surface area contributed by atoms with E-state index >= 15 is 0 Å². The highest BCUT2D eigenvalue weighted by Gasteiger charge is 2.21. The first kappa shape index (κ1) is 27.5. The predicted molar refractivity (Wildman–Crippen MR) is 210 cm³/mol. The molecule has 50 heavy (non-hydrogen) atoms. The van der Waals surface area contributed by atoms with Crippen molar-refractivity contribution in [2.24, 2.45) is 0 Å². The van der Waals surface area contributed by atoms with Crippen molar-refractivity contribution in [3.05, 3.63) is 158 Å². The number of fused-ring (bicyclic) bond motifs is 11. The molecule has 0 aliphatic rings. The van der Waals surface area contributed by atoms with Crippen LogP contribution in [0.25, 0.3) is 103 Å². The van der Waals surface area contributed by atoms with Gasteiger partial charge in [0.2, 0.25) is 5.95 Å². The number of rotatable bonds is 3. The van der Waals surface area contributed by atoms with Crippen LogP contribution in [0.3, 0.4) is 0 Å². The minimum atomic E-state index is 0.647. The summed E-state index contributed by atoms with van der Waals surface area (Å²) in [5, 5.41) is 9.45. The number of aromatic nitrogens is 4. The van der Waals surface area contributed by atoms with Crippen molar-refractivity contribution >= 4 is 85.9 Å². The van der Waals surface area contributed by atoms with Crippen molar-refractivity contribution < 1.29 is 0 Å². The maximum Gasteiger partial charge on any atom is 0.235 e. The van der Waals surface area contributed by atoms with Gasteiger partial charge in [-0.3, -0.25) is 4.57 Å². The topological polar surface area (TPSA) is 43.6 Å². The molecule has 11 rings (SSSR count). The number of para-hydroxylation sites is 3. The van der Waals surface area contributed by atoms with Gasteiger partial charge >= 0.3 is 0 Å². The largest absolute Gasteiger partial charge is 0.278 e. The summed E-state index contributed by atoms with van der Waals surface area (Å²) in [6, 6.07) is 55.8. The lowest BCUT2D eigenvalue weighted by molar-refractivity contribution is 1.01. The molecule has 0 radical (unpaired) electrons. The number of hydrogen-bond acceptors (Lipinski definition) is 4. The Hall–Kier alpha value is -6.43.